The van der Waals surface area contributed by atoms with Crippen LogP contribution in [0.3, 0.4) is 0 Å². The van der Waals surface area contributed by atoms with Crippen LogP contribution in [-0.2, 0) is 6.54 Å². The molecule has 1 saturated heterocycles. The molecule has 1 amide bonds. The lowest BCUT2D eigenvalue weighted by Crippen LogP contribution is -2.52. The van der Waals surface area contributed by atoms with Crippen molar-refractivity contribution in [1.29, 1.82) is 0 Å². The van der Waals surface area contributed by atoms with Gasteiger partial charge in [0.1, 0.15) is 5.82 Å². The smallest absolute Gasteiger partial charge is 0.291 e. The van der Waals surface area contributed by atoms with Gasteiger partial charge in [-0.1, -0.05) is 12.1 Å². The maximum Gasteiger partial charge on any atom is 0.291 e. The Morgan fingerprint density at radius 2 is 1.84 bits per heavy atom. The van der Waals surface area contributed by atoms with Gasteiger partial charge in [-0.25, -0.2) is 4.39 Å². The number of carbonyl (C=O) groups excluding carboxylic acids is 1. The first kappa shape index (κ1) is 21.4. The second kappa shape index (κ2) is 10.00. The van der Waals surface area contributed by atoms with Gasteiger partial charge in [0.2, 0.25) is 0 Å². The quantitative estimate of drug-likeness (QED) is 0.474. The average Bonchev–Trinajstić information content (AvgIpc) is 3.36. The van der Waals surface area contributed by atoms with E-state index in [1.54, 1.807) is 19.2 Å². The molecule has 1 fully saturated rings. The van der Waals surface area contributed by atoms with Crippen LogP contribution in [0.1, 0.15) is 16.1 Å². The molecule has 0 radical (unpaired) electrons. The number of guanidine groups is 1. The van der Waals surface area contributed by atoms with Crippen molar-refractivity contribution in [2.45, 2.75) is 6.54 Å². The fraction of sp³-hybridized carbons (Fsp3) is 0.250. The Kier molecular flexibility index (Phi) is 6.69. The predicted octanol–water partition coefficient (Wildman–Crippen LogP) is 3.57. The Hall–Kier alpha value is -3.81. The number of nitrogens with one attached hydrogen (secondary N) is 2. The molecule has 8 heteroatoms. The average molecular weight is 436 g/mol. The van der Waals surface area contributed by atoms with E-state index in [1.807, 2.05) is 36.4 Å². The molecule has 2 heterocycles. The highest BCUT2D eigenvalue weighted by atomic mass is 19.1. The highest BCUT2D eigenvalue weighted by Crippen LogP contribution is 2.17. The van der Waals surface area contributed by atoms with Crippen LogP contribution in [0.25, 0.3) is 0 Å². The van der Waals surface area contributed by atoms with Crippen LogP contribution in [0, 0.1) is 5.82 Å². The largest absolute Gasteiger partial charge is 0.459 e. The van der Waals surface area contributed by atoms with E-state index in [4.69, 9.17) is 4.42 Å². The van der Waals surface area contributed by atoms with Crippen LogP contribution < -0.4 is 15.5 Å². The summed E-state index contributed by atoms with van der Waals surface area (Å²) in [5, 5.41) is 6.25. The monoisotopic (exact) mass is 435 g/mol. The van der Waals surface area contributed by atoms with Crippen LogP contribution >= 0.6 is 0 Å². The van der Waals surface area contributed by atoms with Crippen LogP contribution in [-0.4, -0.2) is 50.0 Å². The summed E-state index contributed by atoms with van der Waals surface area (Å²) in [4.78, 5) is 21.1. The van der Waals surface area contributed by atoms with E-state index in [0.717, 1.165) is 43.4 Å². The summed E-state index contributed by atoms with van der Waals surface area (Å²) in [7, 11) is 1.77. The molecule has 32 heavy (non-hydrogen) atoms. The summed E-state index contributed by atoms with van der Waals surface area (Å²) in [6, 6.07) is 17.6. The molecule has 0 saturated carbocycles. The number of rotatable bonds is 5. The summed E-state index contributed by atoms with van der Waals surface area (Å²) in [6.45, 7) is 3.88. The number of benzene rings is 2. The van der Waals surface area contributed by atoms with Gasteiger partial charge in [0.25, 0.3) is 5.91 Å². The minimum absolute atomic E-state index is 0.221. The van der Waals surface area contributed by atoms with Gasteiger partial charge >= 0.3 is 0 Å². The number of aliphatic imine (C=N–C) groups is 1. The SMILES string of the molecule is CN=C(NCc1cccc(NC(=O)c2ccco2)c1)N1CCN(c2ccc(F)cc2)CC1. The van der Waals surface area contributed by atoms with E-state index >= 15 is 0 Å². The number of halogens is 1. The summed E-state index contributed by atoms with van der Waals surface area (Å²) >= 11 is 0. The Bertz CT molecular complexity index is 1060. The van der Waals surface area contributed by atoms with Crippen molar-refractivity contribution >= 4 is 23.2 Å². The number of carbonyl (C=O) groups is 1. The minimum atomic E-state index is -0.282. The Balaban J connectivity index is 1.30. The summed E-state index contributed by atoms with van der Waals surface area (Å²) < 4.78 is 18.3. The van der Waals surface area contributed by atoms with Crippen molar-refractivity contribution in [2.75, 3.05) is 43.4 Å². The zero-order valence-electron chi connectivity index (χ0n) is 17.9. The first-order valence-electron chi connectivity index (χ1n) is 10.5. The lowest BCUT2D eigenvalue weighted by molar-refractivity contribution is 0.0996. The molecule has 166 valence electrons. The first-order valence-corrected chi connectivity index (χ1v) is 10.5. The summed E-state index contributed by atoms with van der Waals surface area (Å²) in [5.74, 6) is 0.596. The molecule has 2 aromatic carbocycles. The molecule has 0 spiro atoms. The van der Waals surface area contributed by atoms with Crippen LogP contribution in [0.5, 0.6) is 0 Å². The molecular formula is C24H26FN5O2. The van der Waals surface area contributed by atoms with Gasteiger partial charge in [0.15, 0.2) is 11.7 Å². The zero-order valence-corrected chi connectivity index (χ0v) is 17.9. The number of piperazine rings is 1. The van der Waals surface area contributed by atoms with Crippen molar-refractivity contribution in [3.63, 3.8) is 0 Å². The van der Waals surface area contributed by atoms with Crippen molar-refractivity contribution in [2.24, 2.45) is 4.99 Å². The molecule has 0 bridgehead atoms. The third-order valence-corrected chi connectivity index (χ3v) is 5.36. The molecule has 7 nitrogen and oxygen atoms in total. The Morgan fingerprint density at radius 1 is 1.06 bits per heavy atom. The molecule has 1 aromatic heterocycles. The van der Waals surface area contributed by atoms with E-state index in [0.29, 0.717) is 12.2 Å². The predicted molar refractivity (Wildman–Crippen MR) is 123 cm³/mol. The van der Waals surface area contributed by atoms with Gasteiger partial charge in [-0.3, -0.25) is 9.79 Å². The third-order valence-electron chi connectivity index (χ3n) is 5.36. The minimum Gasteiger partial charge on any atom is -0.459 e. The molecular weight excluding hydrogens is 409 g/mol. The molecule has 0 unspecified atom stereocenters. The number of hydrogen-bond acceptors (Lipinski definition) is 4. The number of amides is 1. The molecule has 1 aliphatic heterocycles. The Morgan fingerprint density at radius 3 is 2.53 bits per heavy atom. The van der Waals surface area contributed by atoms with E-state index in [-0.39, 0.29) is 17.5 Å². The van der Waals surface area contributed by atoms with E-state index in [9.17, 15) is 9.18 Å². The number of nitrogens with zero attached hydrogens (tertiary/aromatic N) is 3. The lowest BCUT2D eigenvalue weighted by atomic mass is 10.2. The molecule has 0 atom stereocenters. The third kappa shape index (κ3) is 5.26. The molecule has 0 aliphatic carbocycles. The van der Waals surface area contributed by atoms with Gasteiger partial charge in [-0.05, 0) is 54.1 Å². The maximum absolute atomic E-state index is 13.2. The topological polar surface area (TPSA) is 73.1 Å². The fourth-order valence-corrected chi connectivity index (χ4v) is 3.70. The van der Waals surface area contributed by atoms with Crippen LogP contribution in [0.4, 0.5) is 15.8 Å². The van der Waals surface area contributed by atoms with Crippen molar-refractivity contribution < 1.29 is 13.6 Å². The van der Waals surface area contributed by atoms with Gasteiger partial charge in [-0.15, -0.1) is 0 Å². The second-order valence-corrected chi connectivity index (χ2v) is 7.48. The normalized spacial score (nSPS) is 14.4. The van der Waals surface area contributed by atoms with Gasteiger partial charge in [0, 0.05) is 51.1 Å². The standard InChI is InChI=1S/C24H26FN5O2/c1-26-24(30-13-11-29(12-14-30)21-9-7-19(25)8-10-21)27-17-18-4-2-5-20(16-18)28-23(31)22-6-3-15-32-22/h2-10,15-16H,11-14,17H2,1H3,(H,26,27)(H,28,31). The van der Waals surface area contributed by atoms with Crippen LogP contribution in [0.15, 0.2) is 76.3 Å². The van der Waals surface area contributed by atoms with Gasteiger partial charge in [0.05, 0.1) is 6.26 Å². The van der Waals surface area contributed by atoms with Crippen molar-refractivity contribution in [1.82, 2.24) is 10.2 Å². The highest BCUT2D eigenvalue weighted by Gasteiger charge is 2.20. The number of anilines is 2. The van der Waals surface area contributed by atoms with E-state index in [1.165, 1.54) is 18.4 Å². The number of hydrogen-bond donors (Lipinski definition) is 2. The zero-order chi connectivity index (χ0) is 22.3. The second-order valence-electron chi connectivity index (χ2n) is 7.48. The van der Waals surface area contributed by atoms with Crippen molar-refractivity contribution in [3.05, 3.63) is 84.1 Å². The highest BCUT2D eigenvalue weighted by molar-refractivity contribution is 6.02. The molecule has 2 N–H and O–H groups in total. The summed E-state index contributed by atoms with van der Waals surface area (Å²) in [6.07, 6.45) is 1.47. The lowest BCUT2D eigenvalue weighted by Gasteiger charge is -2.37. The molecule has 1 aliphatic rings. The molecule has 3 aromatic rings. The maximum atomic E-state index is 13.2. The van der Waals surface area contributed by atoms with Gasteiger partial charge < -0.3 is 24.9 Å². The van der Waals surface area contributed by atoms with Crippen LogP contribution in [0.2, 0.25) is 0 Å². The summed E-state index contributed by atoms with van der Waals surface area (Å²) in [5.41, 5.74) is 2.75. The number of furan rings is 1. The first-order chi connectivity index (χ1) is 15.6. The molecule has 4 rings (SSSR count). The fourth-order valence-electron chi connectivity index (χ4n) is 3.70. The van der Waals surface area contributed by atoms with E-state index in [2.05, 4.69) is 25.4 Å². The Labute approximate surface area is 186 Å². The van der Waals surface area contributed by atoms with Gasteiger partial charge in [-0.2, -0.15) is 0 Å². The van der Waals surface area contributed by atoms with E-state index < -0.39 is 0 Å². The van der Waals surface area contributed by atoms with Crippen molar-refractivity contribution in [3.8, 4) is 0 Å².